The summed E-state index contributed by atoms with van der Waals surface area (Å²) < 4.78 is 5.44. The third kappa shape index (κ3) is 2.97. The number of rotatable bonds is 4. The number of carboxylic acid groups (broad SMARTS) is 1. The summed E-state index contributed by atoms with van der Waals surface area (Å²) in [6.07, 6.45) is 8.33. The molecule has 2 saturated carbocycles. The van der Waals surface area contributed by atoms with Crippen molar-refractivity contribution in [2.75, 3.05) is 0 Å². The first-order valence-corrected chi connectivity index (χ1v) is 8.25. The van der Waals surface area contributed by atoms with Gasteiger partial charge >= 0.3 is 5.97 Å². The lowest BCUT2D eigenvalue weighted by molar-refractivity contribution is -0.143. The molecule has 0 aromatic carbocycles. The molecule has 116 valence electrons. The second kappa shape index (κ2) is 6.16. The smallest absolute Gasteiger partial charge is 0.307 e. The molecule has 0 radical (unpaired) electrons. The van der Waals surface area contributed by atoms with E-state index in [0.717, 1.165) is 50.3 Å². The fourth-order valence-electron chi connectivity index (χ4n) is 3.97. The van der Waals surface area contributed by atoms with E-state index in [0.29, 0.717) is 11.8 Å². The van der Waals surface area contributed by atoms with Gasteiger partial charge in [0, 0.05) is 5.92 Å². The van der Waals surface area contributed by atoms with Crippen molar-refractivity contribution in [3.63, 3.8) is 0 Å². The Hall–Kier alpha value is -1.39. The van der Waals surface area contributed by atoms with Crippen LogP contribution in [0.2, 0.25) is 0 Å². The Balaban J connectivity index is 1.73. The highest BCUT2D eigenvalue weighted by molar-refractivity contribution is 5.71. The molecule has 1 aromatic heterocycles. The highest BCUT2D eigenvalue weighted by atomic mass is 16.5. The van der Waals surface area contributed by atoms with E-state index in [1.165, 1.54) is 12.8 Å². The van der Waals surface area contributed by atoms with Crippen molar-refractivity contribution < 1.29 is 14.4 Å². The average Bonchev–Trinajstić information content (AvgIpc) is 3.16. The predicted octanol–water partition coefficient (Wildman–Crippen LogP) is 3.72. The number of carboxylic acids is 1. The summed E-state index contributed by atoms with van der Waals surface area (Å²) in [6, 6.07) is 0. The standard InChI is InChI=1S/C16H24N2O3/c1-2-10-7-8-11(9-10)14-17-15(21-18-14)12-5-3-4-6-13(12)16(19)20/h10-13H,2-9H2,1H3,(H,19,20). The monoisotopic (exact) mass is 292 g/mol. The van der Waals surface area contributed by atoms with Crippen molar-refractivity contribution in [2.45, 2.75) is 70.1 Å². The molecule has 1 N–H and O–H groups in total. The van der Waals surface area contributed by atoms with E-state index in [1.807, 2.05) is 0 Å². The molecule has 1 heterocycles. The SMILES string of the molecule is CCC1CCC(c2noc(C3CCCCC3C(=O)O)n2)C1. The Morgan fingerprint density at radius 3 is 2.81 bits per heavy atom. The van der Waals surface area contributed by atoms with Gasteiger partial charge in [0.05, 0.1) is 11.8 Å². The van der Waals surface area contributed by atoms with Crippen LogP contribution in [-0.4, -0.2) is 21.2 Å². The van der Waals surface area contributed by atoms with Crippen LogP contribution >= 0.6 is 0 Å². The van der Waals surface area contributed by atoms with Crippen molar-refractivity contribution in [3.8, 4) is 0 Å². The first-order chi connectivity index (χ1) is 10.2. The Morgan fingerprint density at radius 1 is 1.29 bits per heavy atom. The third-order valence-corrected chi connectivity index (χ3v) is 5.34. The highest BCUT2D eigenvalue weighted by Gasteiger charge is 2.36. The van der Waals surface area contributed by atoms with Crippen LogP contribution in [0.3, 0.4) is 0 Å². The maximum absolute atomic E-state index is 11.4. The fourth-order valence-corrected chi connectivity index (χ4v) is 3.97. The second-order valence-electron chi connectivity index (χ2n) is 6.61. The Labute approximate surface area is 125 Å². The van der Waals surface area contributed by atoms with Crippen LogP contribution in [0.5, 0.6) is 0 Å². The molecule has 3 rings (SSSR count). The van der Waals surface area contributed by atoms with E-state index in [4.69, 9.17) is 4.52 Å². The zero-order valence-corrected chi connectivity index (χ0v) is 12.6. The molecule has 5 nitrogen and oxygen atoms in total. The summed E-state index contributed by atoms with van der Waals surface area (Å²) in [4.78, 5) is 16.0. The number of nitrogens with zero attached hydrogens (tertiary/aromatic N) is 2. The minimum atomic E-state index is -0.730. The summed E-state index contributed by atoms with van der Waals surface area (Å²) in [5, 5.41) is 13.5. The predicted molar refractivity (Wildman–Crippen MR) is 77.0 cm³/mol. The van der Waals surface area contributed by atoms with Crippen LogP contribution in [0.4, 0.5) is 0 Å². The molecule has 5 heteroatoms. The summed E-state index contributed by atoms with van der Waals surface area (Å²) >= 11 is 0. The average molecular weight is 292 g/mol. The van der Waals surface area contributed by atoms with Gasteiger partial charge in [0.15, 0.2) is 5.82 Å². The van der Waals surface area contributed by atoms with Crippen molar-refractivity contribution in [1.29, 1.82) is 0 Å². The molecule has 2 aliphatic carbocycles. The molecule has 4 atom stereocenters. The molecular formula is C16H24N2O3. The molecule has 0 bridgehead atoms. The Morgan fingerprint density at radius 2 is 2.10 bits per heavy atom. The van der Waals surface area contributed by atoms with Gasteiger partial charge in [-0.25, -0.2) is 0 Å². The molecule has 21 heavy (non-hydrogen) atoms. The van der Waals surface area contributed by atoms with E-state index in [-0.39, 0.29) is 11.8 Å². The summed E-state index contributed by atoms with van der Waals surface area (Å²) in [5.41, 5.74) is 0. The van der Waals surface area contributed by atoms with Crippen molar-refractivity contribution >= 4 is 5.97 Å². The van der Waals surface area contributed by atoms with Gasteiger partial charge in [-0.05, 0) is 38.0 Å². The maximum Gasteiger partial charge on any atom is 0.307 e. The van der Waals surface area contributed by atoms with Crippen LogP contribution < -0.4 is 0 Å². The molecule has 0 spiro atoms. The van der Waals surface area contributed by atoms with Gasteiger partial charge in [0.25, 0.3) is 0 Å². The summed E-state index contributed by atoms with van der Waals surface area (Å²) in [7, 11) is 0. The molecular weight excluding hydrogens is 268 g/mol. The molecule has 0 aliphatic heterocycles. The highest BCUT2D eigenvalue weighted by Crippen LogP contribution is 2.41. The Bertz CT molecular complexity index is 499. The first kappa shape index (κ1) is 14.5. The lowest BCUT2D eigenvalue weighted by atomic mass is 9.79. The van der Waals surface area contributed by atoms with E-state index < -0.39 is 5.97 Å². The van der Waals surface area contributed by atoms with Gasteiger partial charge in [-0.15, -0.1) is 0 Å². The number of aromatic nitrogens is 2. The number of aliphatic carboxylic acids is 1. The van der Waals surface area contributed by atoms with E-state index >= 15 is 0 Å². The largest absolute Gasteiger partial charge is 0.481 e. The van der Waals surface area contributed by atoms with E-state index in [2.05, 4.69) is 17.1 Å². The van der Waals surface area contributed by atoms with Gasteiger partial charge in [-0.2, -0.15) is 4.98 Å². The van der Waals surface area contributed by atoms with Crippen LogP contribution in [0.25, 0.3) is 0 Å². The third-order valence-electron chi connectivity index (χ3n) is 5.34. The zero-order chi connectivity index (χ0) is 14.8. The van der Waals surface area contributed by atoms with E-state index in [1.54, 1.807) is 0 Å². The normalized spacial score (nSPS) is 33.2. The Kier molecular flexibility index (Phi) is 4.27. The van der Waals surface area contributed by atoms with E-state index in [9.17, 15) is 9.90 Å². The molecule has 1 aromatic rings. The summed E-state index contributed by atoms with van der Waals surface area (Å²) in [6.45, 7) is 2.23. The summed E-state index contributed by atoms with van der Waals surface area (Å²) in [5.74, 6) is 1.34. The van der Waals surface area contributed by atoms with Gasteiger partial charge in [0.2, 0.25) is 5.89 Å². The minimum absolute atomic E-state index is 0.0964. The van der Waals surface area contributed by atoms with Crippen LogP contribution in [0.1, 0.15) is 81.8 Å². The van der Waals surface area contributed by atoms with Gasteiger partial charge in [0.1, 0.15) is 0 Å². The molecule has 0 amide bonds. The second-order valence-corrected chi connectivity index (χ2v) is 6.61. The van der Waals surface area contributed by atoms with Crippen molar-refractivity contribution in [2.24, 2.45) is 11.8 Å². The lowest BCUT2D eigenvalue weighted by Gasteiger charge is -2.25. The quantitative estimate of drug-likeness (QED) is 0.915. The van der Waals surface area contributed by atoms with Crippen molar-refractivity contribution in [1.82, 2.24) is 10.1 Å². The molecule has 0 saturated heterocycles. The van der Waals surface area contributed by atoms with Crippen molar-refractivity contribution in [3.05, 3.63) is 11.7 Å². The topological polar surface area (TPSA) is 76.2 Å². The number of hydrogen-bond donors (Lipinski definition) is 1. The van der Waals surface area contributed by atoms with Gasteiger partial charge in [-0.3, -0.25) is 4.79 Å². The van der Waals surface area contributed by atoms with Gasteiger partial charge < -0.3 is 9.63 Å². The van der Waals surface area contributed by atoms with Gasteiger partial charge in [-0.1, -0.05) is 31.3 Å². The van der Waals surface area contributed by atoms with Crippen LogP contribution in [0.15, 0.2) is 4.52 Å². The lowest BCUT2D eigenvalue weighted by Crippen LogP contribution is -2.25. The fraction of sp³-hybridized carbons (Fsp3) is 0.812. The molecule has 2 aliphatic rings. The molecule has 4 unspecified atom stereocenters. The minimum Gasteiger partial charge on any atom is -0.481 e. The van der Waals surface area contributed by atoms with Crippen LogP contribution in [-0.2, 0) is 4.79 Å². The van der Waals surface area contributed by atoms with Crippen LogP contribution in [0, 0.1) is 11.8 Å². The maximum atomic E-state index is 11.4. The number of carbonyl (C=O) groups is 1. The zero-order valence-electron chi connectivity index (χ0n) is 12.6. The number of hydrogen-bond acceptors (Lipinski definition) is 4. The molecule has 2 fully saturated rings. The first-order valence-electron chi connectivity index (χ1n) is 8.25.